The summed E-state index contributed by atoms with van der Waals surface area (Å²) in [6.07, 6.45) is 3.82. The molecule has 1 saturated heterocycles. The van der Waals surface area contributed by atoms with Gasteiger partial charge in [0.2, 0.25) is 5.91 Å². The van der Waals surface area contributed by atoms with Crippen molar-refractivity contribution in [3.05, 3.63) is 20.8 Å². The van der Waals surface area contributed by atoms with Crippen LogP contribution in [0.1, 0.15) is 30.6 Å². The van der Waals surface area contributed by atoms with E-state index in [1.165, 1.54) is 4.88 Å². The summed E-state index contributed by atoms with van der Waals surface area (Å²) in [4.78, 5) is 26.4. The zero-order chi connectivity index (χ0) is 15.0. The third kappa shape index (κ3) is 3.16. The van der Waals surface area contributed by atoms with E-state index in [0.717, 1.165) is 43.2 Å². The molecule has 21 heavy (non-hydrogen) atoms. The van der Waals surface area contributed by atoms with Gasteiger partial charge in [0.05, 0.1) is 5.92 Å². The van der Waals surface area contributed by atoms with Gasteiger partial charge in [-0.25, -0.2) is 0 Å². The molecular formula is C15H18BrNO3S. The Morgan fingerprint density at radius 3 is 2.67 bits per heavy atom. The largest absolute Gasteiger partial charge is 0.481 e. The second-order valence-electron chi connectivity index (χ2n) is 6.07. The summed E-state index contributed by atoms with van der Waals surface area (Å²) >= 11 is 5.09. The lowest BCUT2D eigenvalue weighted by atomic mass is 9.90. The molecule has 2 heterocycles. The smallest absolute Gasteiger partial charge is 0.307 e. The van der Waals surface area contributed by atoms with Crippen molar-refractivity contribution in [2.24, 2.45) is 11.3 Å². The lowest BCUT2D eigenvalue weighted by Crippen LogP contribution is -2.40. The molecule has 1 aliphatic carbocycles. The van der Waals surface area contributed by atoms with Crippen LogP contribution >= 0.6 is 27.3 Å². The molecule has 1 saturated carbocycles. The third-order valence-corrected chi connectivity index (χ3v) is 6.56. The molecule has 6 heteroatoms. The molecule has 1 atom stereocenters. The van der Waals surface area contributed by atoms with E-state index in [9.17, 15) is 9.59 Å². The van der Waals surface area contributed by atoms with Gasteiger partial charge in [-0.05, 0) is 53.1 Å². The Kier molecular flexibility index (Phi) is 4.10. The van der Waals surface area contributed by atoms with Crippen LogP contribution in [0.25, 0.3) is 0 Å². The first-order chi connectivity index (χ1) is 10.00. The molecule has 1 unspecified atom stereocenters. The number of aryl methyl sites for hydroxylation is 1. The average molecular weight is 372 g/mol. The number of carbonyl (C=O) groups excluding carboxylic acids is 1. The standard InChI is InChI=1S/C15H18BrNO3S/c16-10-7-11(21-9-10)1-2-13(18)17-5-3-15(4-6-17)8-12(15)14(19)20/h7,9,12H,1-6,8H2,(H,19,20). The summed E-state index contributed by atoms with van der Waals surface area (Å²) < 4.78 is 1.07. The predicted octanol–water partition coefficient (Wildman–Crippen LogP) is 3.16. The summed E-state index contributed by atoms with van der Waals surface area (Å²) in [6, 6.07) is 2.06. The molecule has 1 aromatic heterocycles. The van der Waals surface area contributed by atoms with Crippen LogP contribution in [0.3, 0.4) is 0 Å². The van der Waals surface area contributed by atoms with Crippen molar-refractivity contribution in [1.29, 1.82) is 0 Å². The van der Waals surface area contributed by atoms with Crippen molar-refractivity contribution in [3.63, 3.8) is 0 Å². The van der Waals surface area contributed by atoms with Crippen molar-refractivity contribution >= 4 is 39.1 Å². The van der Waals surface area contributed by atoms with E-state index in [0.29, 0.717) is 6.42 Å². The zero-order valence-electron chi connectivity index (χ0n) is 11.7. The van der Waals surface area contributed by atoms with Crippen molar-refractivity contribution < 1.29 is 14.7 Å². The highest BCUT2D eigenvalue weighted by atomic mass is 79.9. The lowest BCUT2D eigenvalue weighted by molar-refractivity contribution is -0.139. The second-order valence-corrected chi connectivity index (χ2v) is 7.98. The Morgan fingerprint density at radius 1 is 1.43 bits per heavy atom. The first kappa shape index (κ1) is 15.0. The van der Waals surface area contributed by atoms with Crippen LogP contribution in [0.4, 0.5) is 0 Å². The van der Waals surface area contributed by atoms with Crippen molar-refractivity contribution in [1.82, 2.24) is 4.90 Å². The first-order valence-electron chi connectivity index (χ1n) is 7.24. The number of nitrogens with zero attached hydrogens (tertiary/aromatic N) is 1. The van der Waals surface area contributed by atoms with Crippen LogP contribution in [0.5, 0.6) is 0 Å². The van der Waals surface area contributed by atoms with Gasteiger partial charge in [0.15, 0.2) is 0 Å². The molecule has 114 valence electrons. The summed E-state index contributed by atoms with van der Waals surface area (Å²) in [5.74, 6) is -0.641. The number of carboxylic acid groups (broad SMARTS) is 1. The maximum Gasteiger partial charge on any atom is 0.307 e. The van der Waals surface area contributed by atoms with Crippen LogP contribution in [0, 0.1) is 11.3 Å². The molecule has 1 aliphatic heterocycles. The zero-order valence-corrected chi connectivity index (χ0v) is 14.1. The fraction of sp³-hybridized carbons (Fsp3) is 0.600. The summed E-state index contributed by atoms with van der Waals surface area (Å²) in [7, 11) is 0. The SMILES string of the molecule is O=C(O)C1CC12CCN(C(=O)CCc1cc(Br)cs1)CC2. The topological polar surface area (TPSA) is 57.6 Å². The van der Waals surface area contributed by atoms with Gasteiger partial charge in [0, 0.05) is 34.2 Å². The quantitative estimate of drug-likeness (QED) is 0.884. The molecule has 1 N–H and O–H groups in total. The highest BCUT2D eigenvalue weighted by Gasteiger charge is 2.59. The highest BCUT2D eigenvalue weighted by molar-refractivity contribution is 9.10. The Bertz CT molecular complexity index is 563. The summed E-state index contributed by atoms with van der Waals surface area (Å²) in [5.41, 5.74) is 0.00122. The highest BCUT2D eigenvalue weighted by Crippen LogP contribution is 2.59. The number of piperidine rings is 1. The van der Waals surface area contributed by atoms with Crippen LogP contribution in [0.15, 0.2) is 15.9 Å². The Balaban J connectivity index is 1.46. The maximum absolute atomic E-state index is 12.2. The fourth-order valence-corrected chi connectivity index (χ4v) is 4.78. The molecule has 2 aliphatic rings. The minimum atomic E-state index is -0.668. The molecule has 1 amide bonds. The van der Waals surface area contributed by atoms with Crippen LogP contribution < -0.4 is 0 Å². The number of hydrogen-bond donors (Lipinski definition) is 1. The number of thiophene rings is 1. The van der Waals surface area contributed by atoms with Crippen LogP contribution in [-0.4, -0.2) is 35.0 Å². The van der Waals surface area contributed by atoms with Gasteiger partial charge in [-0.3, -0.25) is 9.59 Å². The minimum Gasteiger partial charge on any atom is -0.481 e. The van der Waals surface area contributed by atoms with E-state index in [-0.39, 0.29) is 17.2 Å². The first-order valence-corrected chi connectivity index (χ1v) is 8.91. The molecule has 0 aromatic carbocycles. The number of halogens is 1. The van der Waals surface area contributed by atoms with Gasteiger partial charge in [-0.2, -0.15) is 0 Å². The van der Waals surface area contributed by atoms with E-state index < -0.39 is 5.97 Å². The number of carboxylic acids is 1. The van der Waals surface area contributed by atoms with Gasteiger partial charge < -0.3 is 10.0 Å². The van der Waals surface area contributed by atoms with E-state index in [1.807, 2.05) is 10.3 Å². The van der Waals surface area contributed by atoms with Crippen molar-refractivity contribution in [3.8, 4) is 0 Å². The van der Waals surface area contributed by atoms with E-state index in [4.69, 9.17) is 5.11 Å². The minimum absolute atomic E-state index is 0.00122. The van der Waals surface area contributed by atoms with E-state index in [2.05, 4.69) is 22.0 Å². The average Bonchev–Trinajstić information content (AvgIpc) is 3.00. The van der Waals surface area contributed by atoms with Gasteiger partial charge in [0.1, 0.15) is 0 Å². The molecular weight excluding hydrogens is 354 g/mol. The van der Waals surface area contributed by atoms with Gasteiger partial charge in [-0.15, -0.1) is 11.3 Å². The van der Waals surface area contributed by atoms with Crippen molar-refractivity contribution in [2.45, 2.75) is 32.1 Å². The van der Waals surface area contributed by atoms with E-state index in [1.54, 1.807) is 11.3 Å². The molecule has 3 rings (SSSR count). The summed E-state index contributed by atoms with van der Waals surface area (Å²) in [5, 5.41) is 11.1. The molecule has 1 spiro atoms. The Morgan fingerprint density at radius 2 is 2.14 bits per heavy atom. The number of carbonyl (C=O) groups is 2. The number of rotatable bonds is 4. The van der Waals surface area contributed by atoms with Gasteiger partial charge in [0.25, 0.3) is 0 Å². The third-order valence-electron chi connectivity index (χ3n) is 4.81. The predicted molar refractivity (Wildman–Crippen MR) is 84.3 cm³/mol. The van der Waals surface area contributed by atoms with Gasteiger partial charge >= 0.3 is 5.97 Å². The number of likely N-dealkylation sites (tertiary alicyclic amines) is 1. The van der Waals surface area contributed by atoms with Crippen LogP contribution in [0.2, 0.25) is 0 Å². The molecule has 0 radical (unpaired) electrons. The number of aliphatic carboxylic acids is 1. The number of hydrogen-bond acceptors (Lipinski definition) is 3. The summed E-state index contributed by atoms with van der Waals surface area (Å²) in [6.45, 7) is 1.44. The Labute approximate surface area is 136 Å². The van der Waals surface area contributed by atoms with Crippen LogP contribution in [-0.2, 0) is 16.0 Å². The molecule has 1 aromatic rings. The van der Waals surface area contributed by atoms with Gasteiger partial charge in [-0.1, -0.05) is 0 Å². The number of amides is 1. The maximum atomic E-state index is 12.2. The monoisotopic (exact) mass is 371 g/mol. The molecule has 2 fully saturated rings. The second kappa shape index (κ2) is 5.72. The molecule has 0 bridgehead atoms. The lowest BCUT2D eigenvalue weighted by Gasteiger charge is -2.32. The fourth-order valence-electron chi connectivity index (χ4n) is 3.32. The molecule has 4 nitrogen and oxygen atoms in total. The van der Waals surface area contributed by atoms with Crippen molar-refractivity contribution in [2.75, 3.05) is 13.1 Å². The van der Waals surface area contributed by atoms with E-state index >= 15 is 0 Å². The normalized spacial score (nSPS) is 23.3. The Hall–Kier alpha value is -0.880.